The number of rotatable bonds is 5. The molecule has 0 bridgehead atoms. The number of imidazole rings is 1. The molecule has 1 fully saturated rings. The van der Waals surface area contributed by atoms with Crippen molar-refractivity contribution < 1.29 is 9.53 Å². The molecule has 0 N–H and O–H groups in total. The number of ether oxygens (including phenoxy) is 1. The van der Waals surface area contributed by atoms with E-state index in [1.807, 2.05) is 47.0 Å². The molecule has 0 saturated carbocycles. The van der Waals surface area contributed by atoms with E-state index in [1.54, 1.807) is 6.20 Å². The molecule has 2 heterocycles. The van der Waals surface area contributed by atoms with Crippen LogP contribution in [0.15, 0.2) is 36.7 Å². The Morgan fingerprint density at radius 2 is 2.17 bits per heavy atom. The first-order valence-corrected chi connectivity index (χ1v) is 8.12. The standard InChI is InChI=1S/C17H20ClN3O2/c1-20-10-8-19-16(20)11-23-12-17(22)21-9-2-3-15(21)13-4-6-14(18)7-5-13/h4-8,10,15H,2-3,9,11-12H2,1H3. The quantitative estimate of drug-likeness (QED) is 0.845. The molecule has 5 nitrogen and oxygen atoms in total. The average Bonchev–Trinajstić information content (AvgIpc) is 3.17. The van der Waals surface area contributed by atoms with Gasteiger partial charge in [-0.2, -0.15) is 0 Å². The van der Waals surface area contributed by atoms with Gasteiger partial charge in [-0.3, -0.25) is 4.79 Å². The summed E-state index contributed by atoms with van der Waals surface area (Å²) in [6.45, 7) is 1.20. The number of likely N-dealkylation sites (tertiary alicyclic amines) is 1. The number of carbonyl (C=O) groups excluding carboxylic acids is 1. The molecule has 0 spiro atoms. The van der Waals surface area contributed by atoms with E-state index >= 15 is 0 Å². The largest absolute Gasteiger partial charge is 0.364 e. The lowest BCUT2D eigenvalue weighted by Crippen LogP contribution is -2.33. The van der Waals surface area contributed by atoms with Crippen molar-refractivity contribution in [1.82, 2.24) is 14.5 Å². The number of nitrogens with zero attached hydrogens (tertiary/aromatic N) is 3. The molecular formula is C17H20ClN3O2. The van der Waals surface area contributed by atoms with Crippen LogP contribution in [0.1, 0.15) is 30.3 Å². The maximum atomic E-state index is 12.5. The zero-order chi connectivity index (χ0) is 16.2. The summed E-state index contributed by atoms with van der Waals surface area (Å²) < 4.78 is 7.43. The second kappa shape index (κ2) is 7.15. The van der Waals surface area contributed by atoms with Crippen molar-refractivity contribution in [2.24, 2.45) is 7.05 Å². The summed E-state index contributed by atoms with van der Waals surface area (Å²) in [6, 6.07) is 7.85. The predicted molar refractivity (Wildman–Crippen MR) is 88.0 cm³/mol. The van der Waals surface area contributed by atoms with Gasteiger partial charge in [0.2, 0.25) is 5.91 Å². The van der Waals surface area contributed by atoms with Gasteiger partial charge in [-0.15, -0.1) is 0 Å². The fourth-order valence-corrected chi connectivity index (χ4v) is 3.07. The molecule has 23 heavy (non-hydrogen) atoms. The van der Waals surface area contributed by atoms with Gasteiger partial charge >= 0.3 is 0 Å². The van der Waals surface area contributed by atoms with Crippen LogP contribution in [0.25, 0.3) is 0 Å². The normalized spacial score (nSPS) is 17.7. The van der Waals surface area contributed by atoms with Crippen molar-refractivity contribution in [3.8, 4) is 0 Å². The van der Waals surface area contributed by atoms with Gasteiger partial charge in [0.1, 0.15) is 19.0 Å². The van der Waals surface area contributed by atoms with Gasteiger partial charge in [-0.05, 0) is 30.5 Å². The van der Waals surface area contributed by atoms with Crippen LogP contribution in [0, 0.1) is 0 Å². The third-order valence-electron chi connectivity index (χ3n) is 4.21. The maximum absolute atomic E-state index is 12.5. The summed E-state index contributed by atoms with van der Waals surface area (Å²) in [4.78, 5) is 18.5. The number of hydrogen-bond acceptors (Lipinski definition) is 3. The summed E-state index contributed by atoms with van der Waals surface area (Å²) in [5.41, 5.74) is 1.13. The molecule has 1 unspecified atom stereocenters. The number of benzene rings is 1. The minimum absolute atomic E-state index is 0.0247. The smallest absolute Gasteiger partial charge is 0.249 e. The van der Waals surface area contributed by atoms with Gasteiger partial charge in [0.05, 0.1) is 6.04 Å². The van der Waals surface area contributed by atoms with E-state index in [-0.39, 0.29) is 18.6 Å². The Kier molecular flexibility index (Phi) is 4.98. The Morgan fingerprint density at radius 3 is 2.87 bits per heavy atom. The first kappa shape index (κ1) is 16.0. The number of halogens is 1. The Bertz CT molecular complexity index is 669. The van der Waals surface area contributed by atoms with E-state index in [2.05, 4.69) is 4.98 Å². The molecule has 1 aromatic carbocycles. The minimum Gasteiger partial charge on any atom is -0.364 e. The van der Waals surface area contributed by atoms with Crippen LogP contribution in [0.2, 0.25) is 5.02 Å². The summed E-state index contributed by atoms with van der Waals surface area (Å²) >= 11 is 5.94. The number of hydrogen-bond donors (Lipinski definition) is 0. The van der Waals surface area contributed by atoms with Crippen molar-refractivity contribution in [3.63, 3.8) is 0 Å². The summed E-state index contributed by atoms with van der Waals surface area (Å²) in [6.07, 6.45) is 5.57. The highest BCUT2D eigenvalue weighted by atomic mass is 35.5. The topological polar surface area (TPSA) is 47.4 Å². The third kappa shape index (κ3) is 3.74. The highest BCUT2D eigenvalue weighted by Crippen LogP contribution is 2.32. The fraction of sp³-hybridized carbons (Fsp3) is 0.412. The maximum Gasteiger partial charge on any atom is 0.249 e. The van der Waals surface area contributed by atoms with E-state index in [0.29, 0.717) is 11.6 Å². The Balaban J connectivity index is 1.57. The molecule has 1 atom stereocenters. The van der Waals surface area contributed by atoms with Crippen LogP contribution in [-0.4, -0.2) is 33.5 Å². The molecule has 2 aromatic rings. The van der Waals surface area contributed by atoms with Crippen LogP contribution < -0.4 is 0 Å². The van der Waals surface area contributed by atoms with Crippen LogP contribution in [-0.2, 0) is 23.2 Å². The van der Waals surface area contributed by atoms with Gasteiger partial charge < -0.3 is 14.2 Å². The zero-order valence-corrected chi connectivity index (χ0v) is 13.9. The lowest BCUT2D eigenvalue weighted by molar-refractivity contribution is -0.137. The molecule has 1 saturated heterocycles. The van der Waals surface area contributed by atoms with Gasteiger partial charge in [-0.25, -0.2) is 4.98 Å². The lowest BCUT2D eigenvalue weighted by atomic mass is 10.0. The van der Waals surface area contributed by atoms with Crippen molar-refractivity contribution in [2.45, 2.75) is 25.5 Å². The highest BCUT2D eigenvalue weighted by Gasteiger charge is 2.29. The Labute approximate surface area is 140 Å². The third-order valence-corrected chi connectivity index (χ3v) is 4.46. The van der Waals surface area contributed by atoms with Gasteiger partial charge in [-0.1, -0.05) is 23.7 Å². The van der Waals surface area contributed by atoms with Crippen LogP contribution in [0.4, 0.5) is 0 Å². The van der Waals surface area contributed by atoms with E-state index in [1.165, 1.54) is 0 Å². The molecule has 1 aromatic heterocycles. The second-order valence-electron chi connectivity index (χ2n) is 5.74. The molecule has 3 rings (SSSR count). The van der Waals surface area contributed by atoms with Crippen LogP contribution in [0.5, 0.6) is 0 Å². The van der Waals surface area contributed by atoms with Gasteiger partial charge in [0.25, 0.3) is 0 Å². The predicted octanol–water partition coefficient (Wildman–Crippen LogP) is 2.95. The summed E-state index contributed by atoms with van der Waals surface area (Å²) in [5.74, 6) is 0.838. The second-order valence-corrected chi connectivity index (χ2v) is 6.18. The van der Waals surface area contributed by atoms with E-state index < -0.39 is 0 Å². The Morgan fingerprint density at radius 1 is 1.39 bits per heavy atom. The number of aryl methyl sites for hydroxylation is 1. The minimum atomic E-state index is 0.0247. The monoisotopic (exact) mass is 333 g/mol. The van der Waals surface area contributed by atoms with E-state index in [0.717, 1.165) is 30.8 Å². The van der Waals surface area contributed by atoms with Crippen LogP contribution in [0.3, 0.4) is 0 Å². The first-order chi connectivity index (χ1) is 11.1. The fourth-order valence-electron chi connectivity index (χ4n) is 2.94. The summed E-state index contributed by atoms with van der Waals surface area (Å²) in [5, 5.41) is 0.711. The zero-order valence-electron chi connectivity index (χ0n) is 13.1. The molecule has 1 aliphatic rings. The van der Waals surface area contributed by atoms with Gasteiger partial charge in [0, 0.05) is 31.0 Å². The van der Waals surface area contributed by atoms with E-state index in [9.17, 15) is 4.79 Å². The van der Waals surface area contributed by atoms with Crippen molar-refractivity contribution in [3.05, 3.63) is 53.1 Å². The number of aromatic nitrogens is 2. The van der Waals surface area contributed by atoms with Crippen molar-refractivity contribution in [2.75, 3.05) is 13.2 Å². The van der Waals surface area contributed by atoms with E-state index in [4.69, 9.17) is 16.3 Å². The summed E-state index contributed by atoms with van der Waals surface area (Å²) in [7, 11) is 1.91. The SMILES string of the molecule is Cn1ccnc1COCC(=O)N1CCCC1c1ccc(Cl)cc1. The van der Waals surface area contributed by atoms with Crippen molar-refractivity contribution >= 4 is 17.5 Å². The molecule has 0 radical (unpaired) electrons. The molecule has 1 amide bonds. The lowest BCUT2D eigenvalue weighted by Gasteiger charge is -2.25. The number of amides is 1. The van der Waals surface area contributed by atoms with Crippen molar-refractivity contribution in [1.29, 1.82) is 0 Å². The molecule has 1 aliphatic heterocycles. The first-order valence-electron chi connectivity index (χ1n) is 7.74. The molecule has 0 aliphatic carbocycles. The molecule has 122 valence electrons. The Hall–Kier alpha value is -1.85. The number of carbonyl (C=O) groups is 1. The van der Waals surface area contributed by atoms with Gasteiger partial charge in [0.15, 0.2) is 0 Å². The average molecular weight is 334 g/mol. The highest BCUT2D eigenvalue weighted by molar-refractivity contribution is 6.30. The molecular weight excluding hydrogens is 314 g/mol. The van der Waals surface area contributed by atoms with Crippen LogP contribution >= 0.6 is 11.6 Å². The molecule has 6 heteroatoms.